The molecule has 0 radical (unpaired) electrons. The van der Waals surface area contributed by atoms with Crippen molar-refractivity contribution in [2.45, 2.75) is 26.8 Å². The molecule has 0 bridgehead atoms. The van der Waals surface area contributed by atoms with E-state index < -0.39 is 0 Å². The third-order valence-electron chi connectivity index (χ3n) is 4.03. The minimum absolute atomic E-state index is 0.716. The molecule has 4 heteroatoms. The molecule has 0 spiro atoms. The molecule has 1 unspecified atom stereocenters. The first-order valence-electron chi connectivity index (χ1n) is 7.15. The van der Waals surface area contributed by atoms with Gasteiger partial charge in [-0.05, 0) is 62.5 Å². The second-order valence-electron chi connectivity index (χ2n) is 5.67. The third kappa shape index (κ3) is 2.81. The van der Waals surface area contributed by atoms with E-state index in [0.29, 0.717) is 5.92 Å². The predicted molar refractivity (Wildman–Crippen MR) is 85.8 cm³/mol. The molecule has 1 aromatic heterocycles. The van der Waals surface area contributed by atoms with Gasteiger partial charge in [-0.25, -0.2) is 0 Å². The fourth-order valence-corrected chi connectivity index (χ4v) is 3.42. The molecule has 1 saturated heterocycles. The Hall–Kier alpha value is -1.13. The Morgan fingerprint density at radius 2 is 2.20 bits per heavy atom. The molecule has 0 saturated carbocycles. The van der Waals surface area contributed by atoms with Gasteiger partial charge in [-0.1, -0.05) is 22.0 Å². The van der Waals surface area contributed by atoms with Crippen molar-refractivity contribution < 1.29 is 0 Å². The minimum atomic E-state index is 0.716. The molecular weight excluding hydrogens is 314 g/mol. The SMILES string of the molecule is Cc1cc(Br)ccc1-c1cn(CC2CCNC2)nc1C. The number of hydrogen-bond acceptors (Lipinski definition) is 2. The van der Waals surface area contributed by atoms with Gasteiger partial charge in [-0.15, -0.1) is 0 Å². The fourth-order valence-electron chi connectivity index (χ4n) is 2.94. The maximum absolute atomic E-state index is 4.69. The number of nitrogens with zero attached hydrogens (tertiary/aromatic N) is 2. The summed E-state index contributed by atoms with van der Waals surface area (Å²) in [6, 6.07) is 6.43. The zero-order valence-electron chi connectivity index (χ0n) is 12.0. The zero-order valence-corrected chi connectivity index (χ0v) is 13.6. The third-order valence-corrected chi connectivity index (χ3v) is 4.53. The predicted octanol–water partition coefficient (Wildman–Crippen LogP) is 3.54. The summed E-state index contributed by atoms with van der Waals surface area (Å²) in [5.74, 6) is 0.716. The number of halogens is 1. The number of nitrogens with one attached hydrogen (secondary N) is 1. The number of benzene rings is 1. The van der Waals surface area contributed by atoms with E-state index in [1.807, 2.05) is 0 Å². The average molecular weight is 334 g/mol. The molecule has 1 N–H and O–H groups in total. The molecule has 2 heterocycles. The van der Waals surface area contributed by atoms with Gasteiger partial charge in [0.05, 0.1) is 5.69 Å². The summed E-state index contributed by atoms with van der Waals surface area (Å²) in [7, 11) is 0. The van der Waals surface area contributed by atoms with Gasteiger partial charge in [-0.3, -0.25) is 4.68 Å². The summed E-state index contributed by atoms with van der Waals surface area (Å²) in [5.41, 5.74) is 4.92. The lowest BCUT2D eigenvalue weighted by atomic mass is 10.0. The van der Waals surface area contributed by atoms with E-state index in [-0.39, 0.29) is 0 Å². The topological polar surface area (TPSA) is 29.9 Å². The van der Waals surface area contributed by atoms with Crippen LogP contribution in [-0.2, 0) is 6.54 Å². The van der Waals surface area contributed by atoms with E-state index in [2.05, 4.69) is 64.2 Å². The first-order valence-corrected chi connectivity index (χ1v) is 7.94. The second-order valence-corrected chi connectivity index (χ2v) is 6.58. The number of aryl methyl sites for hydroxylation is 2. The van der Waals surface area contributed by atoms with Gasteiger partial charge < -0.3 is 5.32 Å². The van der Waals surface area contributed by atoms with Crippen LogP contribution in [0.4, 0.5) is 0 Å². The summed E-state index contributed by atoms with van der Waals surface area (Å²) in [6.07, 6.45) is 3.45. The molecule has 0 amide bonds. The van der Waals surface area contributed by atoms with Crippen molar-refractivity contribution in [2.24, 2.45) is 5.92 Å². The molecule has 1 aromatic carbocycles. The Balaban J connectivity index is 1.88. The standard InChI is InChI=1S/C16H20BrN3/c1-11-7-14(17)3-4-15(11)16-10-20(19-12(16)2)9-13-5-6-18-8-13/h3-4,7,10,13,18H,5-6,8-9H2,1-2H3. The normalized spacial score (nSPS) is 18.6. The van der Waals surface area contributed by atoms with Crippen molar-refractivity contribution in [3.05, 3.63) is 40.1 Å². The van der Waals surface area contributed by atoms with Gasteiger partial charge in [0.1, 0.15) is 0 Å². The number of rotatable bonds is 3. The van der Waals surface area contributed by atoms with Gasteiger partial charge in [0, 0.05) is 22.8 Å². The lowest BCUT2D eigenvalue weighted by Gasteiger charge is -2.07. The van der Waals surface area contributed by atoms with Gasteiger partial charge >= 0.3 is 0 Å². The van der Waals surface area contributed by atoms with Crippen LogP contribution in [0.25, 0.3) is 11.1 Å². The van der Waals surface area contributed by atoms with Crippen molar-refractivity contribution >= 4 is 15.9 Å². The van der Waals surface area contributed by atoms with Crippen LogP contribution in [0.2, 0.25) is 0 Å². The van der Waals surface area contributed by atoms with E-state index in [0.717, 1.165) is 29.8 Å². The Morgan fingerprint density at radius 3 is 2.90 bits per heavy atom. The van der Waals surface area contributed by atoms with Gasteiger partial charge in [0.2, 0.25) is 0 Å². The molecule has 1 fully saturated rings. The van der Waals surface area contributed by atoms with E-state index in [9.17, 15) is 0 Å². The first kappa shape index (κ1) is 13.8. The highest BCUT2D eigenvalue weighted by atomic mass is 79.9. The van der Waals surface area contributed by atoms with Crippen LogP contribution in [0, 0.1) is 19.8 Å². The van der Waals surface area contributed by atoms with E-state index in [1.54, 1.807) is 0 Å². The molecule has 20 heavy (non-hydrogen) atoms. The largest absolute Gasteiger partial charge is 0.316 e. The maximum atomic E-state index is 4.69. The first-order chi connectivity index (χ1) is 9.63. The van der Waals surface area contributed by atoms with Crippen LogP contribution < -0.4 is 5.32 Å². The van der Waals surface area contributed by atoms with Gasteiger partial charge in [-0.2, -0.15) is 5.10 Å². The van der Waals surface area contributed by atoms with Crippen LogP contribution in [-0.4, -0.2) is 22.9 Å². The average Bonchev–Trinajstić information content (AvgIpc) is 3.00. The molecule has 3 rings (SSSR count). The van der Waals surface area contributed by atoms with Crippen molar-refractivity contribution in [3.8, 4) is 11.1 Å². The highest BCUT2D eigenvalue weighted by molar-refractivity contribution is 9.10. The van der Waals surface area contributed by atoms with Crippen molar-refractivity contribution in [3.63, 3.8) is 0 Å². The summed E-state index contributed by atoms with van der Waals surface area (Å²) >= 11 is 3.52. The van der Waals surface area contributed by atoms with Crippen LogP contribution in [0.15, 0.2) is 28.9 Å². The van der Waals surface area contributed by atoms with Crippen LogP contribution >= 0.6 is 15.9 Å². The van der Waals surface area contributed by atoms with Gasteiger partial charge in [0.15, 0.2) is 0 Å². The summed E-state index contributed by atoms with van der Waals surface area (Å²) < 4.78 is 3.24. The van der Waals surface area contributed by atoms with E-state index in [4.69, 9.17) is 5.10 Å². The van der Waals surface area contributed by atoms with Gasteiger partial charge in [0.25, 0.3) is 0 Å². The second kappa shape index (κ2) is 5.70. The Bertz CT molecular complexity index is 612. The highest BCUT2D eigenvalue weighted by Gasteiger charge is 2.17. The smallest absolute Gasteiger partial charge is 0.0672 e. The lowest BCUT2D eigenvalue weighted by molar-refractivity contribution is 0.448. The highest BCUT2D eigenvalue weighted by Crippen LogP contribution is 2.28. The molecule has 2 aromatic rings. The van der Waals surface area contributed by atoms with E-state index in [1.165, 1.54) is 23.1 Å². The quantitative estimate of drug-likeness (QED) is 0.930. The van der Waals surface area contributed by atoms with Crippen LogP contribution in [0.1, 0.15) is 17.7 Å². The summed E-state index contributed by atoms with van der Waals surface area (Å²) in [4.78, 5) is 0. The van der Waals surface area contributed by atoms with Crippen molar-refractivity contribution in [1.82, 2.24) is 15.1 Å². The molecule has 0 aliphatic carbocycles. The van der Waals surface area contributed by atoms with Crippen LogP contribution in [0.5, 0.6) is 0 Å². The fraction of sp³-hybridized carbons (Fsp3) is 0.438. The molecule has 1 aliphatic heterocycles. The van der Waals surface area contributed by atoms with E-state index >= 15 is 0 Å². The number of aromatic nitrogens is 2. The number of hydrogen-bond donors (Lipinski definition) is 1. The van der Waals surface area contributed by atoms with Crippen molar-refractivity contribution in [1.29, 1.82) is 0 Å². The summed E-state index contributed by atoms with van der Waals surface area (Å²) in [6.45, 7) is 7.52. The Labute approximate surface area is 128 Å². The molecule has 1 atom stereocenters. The molecule has 106 valence electrons. The lowest BCUT2D eigenvalue weighted by Crippen LogP contribution is -2.14. The molecule has 3 nitrogen and oxygen atoms in total. The maximum Gasteiger partial charge on any atom is 0.0672 e. The zero-order chi connectivity index (χ0) is 14.1. The van der Waals surface area contributed by atoms with Crippen molar-refractivity contribution in [2.75, 3.05) is 13.1 Å². The molecular formula is C16H20BrN3. The monoisotopic (exact) mass is 333 g/mol. The van der Waals surface area contributed by atoms with Crippen LogP contribution in [0.3, 0.4) is 0 Å². The Morgan fingerprint density at radius 1 is 1.35 bits per heavy atom. The minimum Gasteiger partial charge on any atom is -0.316 e. The summed E-state index contributed by atoms with van der Waals surface area (Å²) in [5, 5.41) is 8.11. The molecule has 1 aliphatic rings. The Kier molecular flexibility index (Phi) is 3.94.